The Bertz CT molecular complexity index is 716. The highest BCUT2D eigenvalue weighted by Crippen LogP contribution is 2.17. The van der Waals surface area contributed by atoms with Crippen molar-refractivity contribution in [3.05, 3.63) is 54.6 Å². The van der Waals surface area contributed by atoms with Crippen LogP contribution in [0.5, 0.6) is 5.75 Å². The molecule has 0 aliphatic rings. The number of thiocarbonyl (C=S) groups is 1. The Balaban J connectivity index is 1.95. The van der Waals surface area contributed by atoms with Crippen LogP contribution in [0.3, 0.4) is 0 Å². The Morgan fingerprint density at radius 2 is 1.48 bits per heavy atom. The van der Waals surface area contributed by atoms with Gasteiger partial charge in [-0.05, 0) is 48.6 Å². The summed E-state index contributed by atoms with van der Waals surface area (Å²) in [5, 5.41) is 11.2. The molecule has 0 saturated heterocycles. The first-order chi connectivity index (χ1) is 9.92. The topological polar surface area (TPSA) is 93.5 Å². The highest BCUT2D eigenvalue weighted by molar-refractivity contribution is 7.84. The summed E-state index contributed by atoms with van der Waals surface area (Å²) in [4.78, 5) is 0. The van der Waals surface area contributed by atoms with Gasteiger partial charge < -0.3 is 14.8 Å². The van der Waals surface area contributed by atoms with E-state index < -0.39 is 10.3 Å². The summed E-state index contributed by atoms with van der Waals surface area (Å²) in [5.74, 6) is 0.130. The van der Waals surface area contributed by atoms with Gasteiger partial charge in [0.05, 0.1) is 0 Å². The minimum absolute atomic E-state index is 0.130. The summed E-state index contributed by atoms with van der Waals surface area (Å²) in [6.45, 7) is 0. The van der Waals surface area contributed by atoms with Crippen molar-refractivity contribution in [1.82, 2.24) is 0 Å². The Labute approximate surface area is 128 Å². The maximum Gasteiger partial charge on any atom is 0.380 e. The summed E-state index contributed by atoms with van der Waals surface area (Å²) >= 11 is 5.17. The summed E-state index contributed by atoms with van der Waals surface area (Å²) in [5.41, 5.74) is 1.55. The third-order valence-corrected chi connectivity index (χ3v) is 2.99. The Morgan fingerprint density at radius 1 is 0.952 bits per heavy atom. The zero-order chi connectivity index (χ0) is 15.3. The van der Waals surface area contributed by atoms with Gasteiger partial charge in [0.2, 0.25) is 0 Å². The van der Waals surface area contributed by atoms with Crippen molar-refractivity contribution in [2.24, 2.45) is 5.14 Å². The lowest BCUT2D eigenvalue weighted by molar-refractivity contribution is 0.488. The van der Waals surface area contributed by atoms with Crippen LogP contribution in [0.25, 0.3) is 0 Å². The second-order valence-corrected chi connectivity index (χ2v) is 5.61. The molecule has 0 atom stereocenters. The van der Waals surface area contributed by atoms with Gasteiger partial charge >= 0.3 is 10.3 Å². The highest BCUT2D eigenvalue weighted by atomic mass is 32.2. The molecule has 2 aromatic rings. The summed E-state index contributed by atoms with van der Waals surface area (Å²) in [6, 6.07) is 15.7. The first kappa shape index (κ1) is 15.2. The average Bonchev–Trinajstić information content (AvgIpc) is 2.40. The van der Waals surface area contributed by atoms with Gasteiger partial charge in [-0.3, -0.25) is 0 Å². The van der Waals surface area contributed by atoms with E-state index in [9.17, 15) is 8.42 Å². The van der Waals surface area contributed by atoms with Gasteiger partial charge in [0.25, 0.3) is 0 Å². The molecule has 2 rings (SSSR count). The van der Waals surface area contributed by atoms with Crippen LogP contribution in [0, 0.1) is 0 Å². The normalized spacial score (nSPS) is 10.7. The van der Waals surface area contributed by atoms with Crippen molar-refractivity contribution in [3.8, 4) is 5.75 Å². The molecular weight excluding hydrogens is 310 g/mol. The van der Waals surface area contributed by atoms with Crippen LogP contribution in [-0.4, -0.2) is 13.5 Å². The minimum atomic E-state index is -4.01. The maximum atomic E-state index is 10.8. The van der Waals surface area contributed by atoms with Crippen LogP contribution < -0.4 is 20.0 Å². The molecule has 4 N–H and O–H groups in total. The van der Waals surface area contributed by atoms with Crippen molar-refractivity contribution in [2.45, 2.75) is 0 Å². The molecule has 0 spiro atoms. The molecular formula is C13H13N3O3S2. The predicted octanol–water partition coefficient (Wildman–Crippen LogP) is 2.08. The molecule has 6 nitrogen and oxygen atoms in total. The lowest BCUT2D eigenvalue weighted by Crippen LogP contribution is -2.20. The summed E-state index contributed by atoms with van der Waals surface area (Å²) < 4.78 is 26.1. The van der Waals surface area contributed by atoms with E-state index in [0.717, 1.165) is 5.69 Å². The molecule has 0 bridgehead atoms. The summed E-state index contributed by atoms with van der Waals surface area (Å²) in [7, 11) is -4.01. The van der Waals surface area contributed by atoms with Gasteiger partial charge in [-0.2, -0.15) is 13.6 Å². The number of anilines is 2. The third kappa shape index (κ3) is 5.38. The van der Waals surface area contributed by atoms with Crippen LogP contribution in [0.15, 0.2) is 54.6 Å². The molecule has 0 aromatic heterocycles. The van der Waals surface area contributed by atoms with Gasteiger partial charge in [-0.15, -0.1) is 0 Å². The van der Waals surface area contributed by atoms with E-state index in [4.69, 9.17) is 17.4 Å². The number of hydrogen-bond acceptors (Lipinski definition) is 4. The fourth-order valence-corrected chi connectivity index (χ4v) is 2.16. The lowest BCUT2D eigenvalue weighted by atomic mass is 10.3. The zero-order valence-corrected chi connectivity index (χ0v) is 12.4. The van der Waals surface area contributed by atoms with E-state index in [0.29, 0.717) is 10.8 Å². The smallest absolute Gasteiger partial charge is 0.371 e. The van der Waals surface area contributed by atoms with E-state index in [1.807, 2.05) is 30.3 Å². The molecule has 0 amide bonds. The molecule has 0 saturated carbocycles. The third-order valence-electron chi connectivity index (χ3n) is 2.36. The standard InChI is InChI=1S/C13H13N3O3S2/c14-21(17,18)19-12-8-6-11(7-9-12)16-13(20)15-10-4-2-1-3-5-10/h1-9H,(H2,14,17,18)(H2,15,16,20). The van der Waals surface area contributed by atoms with E-state index >= 15 is 0 Å². The SMILES string of the molecule is NS(=O)(=O)Oc1ccc(NC(=S)Nc2ccccc2)cc1. The first-order valence-corrected chi connectivity index (χ1v) is 7.76. The number of hydrogen-bond donors (Lipinski definition) is 3. The largest absolute Gasteiger partial charge is 0.380 e. The first-order valence-electron chi connectivity index (χ1n) is 5.88. The van der Waals surface area contributed by atoms with Gasteiger partial charge in [-0.1, -0.05) is 18.2 Å². The fourth-order valence-electron chi connectivity index (χ4n) is 1.54. The van der Waals surface area contributed by atoms with Crippen LogP contribution in [0.2, 0.25) is 0 Å². The Morgan fingerprint density at radius 3 is 2.00 bits per heavy atom. The van der Waals surface area contributed by atoms with Gasteiger partial charge in [0.15, 0.2) is 5.11 Å². The van der Waals surface area contributed by atoms with Crippen molar-refractivity contribution in [2.75, 3.05) is 10.6 Å². The fraction of sp³-hybridized carbons (Fsp3) is 0. The Hall–Kier alpha value is -2.16. The highest BCUT2D eigenvalue weighted by Gasteiger charge is 2.05. The number of para-hydroxylation sites is 1. The minimum Gasteiger partial charge on any atom is -0.371 e. The molecule has 0 aliphatic carbocycles. The molecule has 0 radical (unpaired) electrons. The lowest BCUT2D eigenvalue weighted by Gasteiger charge is -2.10. The number of nitrogens with two attached hydrogens (primary N) is 1. The average molecular weight is 323 g/mol. The van der Waals surface area contributed by atoms with E-state index in [1.54, 1.807) is 12.1 Å². The summed E-state index contributed by atoms with van der Waals surface area (Å²) in [6.07, 6.45) is 0. The van der Waals surface area contributed by atoms with Crippen molar-refractivity contribution in [3.63, 3.8) is 0 Å². The number of rotatable bonds is 4. The molecule has 21 heavy (non-hydrogen) atoms. The van der Waals surface area contributed by atoms with E-state index in [2.05, 4.69) is 14.8 Å². The van der Waals surface area contributed by atoms with Crippen molar-refractivity contribution in [1.29, 1.82) is 0 Å². The monoisotopic (exact) mass is 323 g/mol. The molecule has 2 aromatic carbocycles. The van der Waals surface area contributed by atoms with E-state index in [1.165, 1.54) is 12.1 Å². The second-order valence-electron chi connectivity index (χ2n) is 4.05. The van der Waals surface area contributed by atoms with Crippen LogP contribution in [-0.2, 0) is 10.3 Å². The predicted molar refractivity (Wildman–Crippen MR) is 86.5 cm³/mol. The van der Waals surface area contributed by atoms with Gasteiger partial charge in [0.1, 0.15) is 5.75 Å². The van der Waals surface area contributed by atoms with Crippen LogP contribution >= 0.6 is 12.2 Å². The van der Waals surface area contributed by atoms with E-state index in [-0.39, 0.29) is 5.75 Å². The van der Waals surface area contributed by atoms with Crippen LogP contribution in [0.1, 0.15) is 0 Å². The quantitative estimate of drug-likeness (QED) is 0.746. The molecule has 0 fully saturated rings. The Kier molecular flexibility index (Phi) is 4.73. The van der Waals surface area contributed by atoms with Gasteiger partial charge in [-0.25, -0.2) is 0 Å². The van der Waals surface area contributed by atoms with Gasteiger partial charge in [0, 0.05) is 11.4 Å². The molecule has 0 heterocycles. The second kappa shape index (κ2) is 6.53. The molecule has 0 aliphatic heterocycles. The number of benzene rings is 2. The molecule has 0 unspecified atom stereocenters. The van der Waals surface area contributed by atoms with Crippen LogP contribution in [0.4, 0.5) is 11.4 Å². The zero-order valence-electron chi connectivity index (χ0n) is 10.8. The number of nitrogens with one attached hydrogen (secondary N) is 2. The van der Waals surface area contributed by atoms with Crippen molar-refractivity contribution >= 4 is 39.0 Å². The molecule has 8 heteroatoms. The van der Waals surface area contributed by atoms with Crippen molar-refractivity contribution < 1.29 is 12.6 Å². The molecule has 110 valence electrons. The maximum absolute atomic E-state index is 10.8.